The van der Waals surface area contributed by atoms with Crippen LogP contribution >= 0.6 is 0 Å². The molecule has 170 valence electrons. The topological polar surface area (TPSA) is 79.2 Å². The Morgan fingerprint density at radius 1 is 0.879 bits per heavy atom. The summed E-state index contributed by atoms with van der Waals surface area (Å²) in [5.41, 5.74) is -0.0353. The van der Waals surface area contributed by atoms with Gasteiger partial charge < -0.3 is 4.90 Å². The maximum absolute atomic E-state index is 14.2. The van der Waals surface area contributed by atoms with Gasteiger partial charge in [0.2, 0.25) is 15.9 Å². The van der Waals surface area contributed by atoms with Gasteiger partial charge in [0.1, 0.15) is 5.82 Å². The zero-order valence-corrected chi connectivity index (χ0v) is 18.6. The molecule has 0 unspecified atom stereocenters. The van der Waals surface area contributed by atoms with E-state index in [4.69, 9.17) is 0 Å². The number of carbonyl (C=O) groups excluding carboxylic acids is 2. The van der Waals surface area contributed by atoms with Gasteiger partial charge in [-0.2, -0.15) is 4.31 Å². The lowest BCUT2D eigenvalue weighted by Crippen LogP contribution is -3.19. The third-order valence-corrected chi connectivity index (χ3v) is 8.35. The Hall–Kier alpha value is -3.14. The number of anilines is 1. The summed E-state index contributed by atoms with van der Waals surface area (Å²) >= 11 is 0. The molecule has 9 heteroatoms. The normalized spacial score (nSPS) is 20.6. The Balaban J connectivity index is 1.30. The summed E-state index contributed by atoms with van der Waals surface area (Å²) in [4.78, 5) is 27.5. The number of quaternary nitrogens is 1. The average Bonchev–Trinajstić information content (AvgIpc) is 3.13. The zero-order chi connectivity index (χ0) is 23.2. The van der Waals surface area contributed by atoms with Crippen molar-refractivity contribution >= 4 is 38.3 Å². The van der Waals surface area contributed by atoms with Crippen molar-refractivity contribution in [3.8, 4) is 0 Å². The Kier molecular flexibility index (Phi) is 5.48. The summed E-state index contributed by atoms with van der Waals surface area (Å²) in [5.74, 6) is -1.50. The van der Waals surface area contributed by atoms with Gasteiger partial charge in [0.05, 0.1) is 43.2 Å². The number of rotatable bonds is 4. The van der Waals surface area contributed by atoms with Crippen molar-refractivity contribution in [3.05, 3.63) is 72.5 Å². The lowest BCUT2D eigenvalue weighted by molar-refractivity contribution is -0.918. The molecule has 0 saturated carbocycles. The molecule has 2 aliphatic rings. The Bertz CT molecular complexity index is 1350. The van der Waals surface area contributed by atoms with Crippen molar-refractivity contribution in [2.24, 2.45) is 0 Å². The number of para-hydroxylation sites is 1. The summed E-state index contributed by atoms with van der Waals surface area (Å²) in [6, 6.07) is 17.7. The molecule has 7 nitrogen and oxygen atoms in total. The first-order chi connectivity index (χ1) is 15.9. The zero-order valence-electron chi connectivity index (χ0n) is 17.8. The van der Waals surface area contributed by atoms with E-state index in [2.05, 4.69) is 0 Å². The van der Waals surface area contributed by atoms with Crippen LogP contribution < -0.4 is 9.80 Å². The maximum Gasteiger partial charge on any atom is 0.292 e. The van der Waals surface area contributed by atoms with Crippen LogP contribution in [0.3, 0.4) is 0 Å². The van der Waals surface area contributed by atoms with Crippen LogP contribution in [0.1, 0.15) is 6.42 Å². The predicted octanol–water partition coefficient (Wildman–Crippen LogP) is 1.20. The van der Waals surface area contributed by atoms with E-state index >= 15 is 0 Å². The number of hydrogen-bond donors (Lipinski definition) is 1. The van der Waals surface area contributed by atoms with Crippen LogP contribution in [0, 0.1) is 5.82 Å². The maximum atomic E-state index is 14.2. The molecule has 0 bridgehead atoms. The Morgan fingerprint density at radius 2 is 1.55 bits per heavy atom. The van der Waals surface area contributed by atoms with Crippen molar-refractivity contribution < 1.29 is 27.3 Å². The third kappa shape index (κ3) is 3.82. The van der Waals surface area contributed by atoms with Crippen LogP contribution in [0.5, 0.6) is 0 Å². The van der Waals surface area contributed by atoms with Gasteiger partial charge in [0, 0.05) is 0 Å². The molecule has 2 heterocycles. The molecule has 2 fully saturated rings. The van der Waals surface area contributed by atoms with E-state index in [-0.39, 0.29) is 30.1 Å². The number of halogens is 1. The molecule has 0 aliphatic carbocycles. The fourth-order valence-electron chi connectivity index (χ4n) is 4.68. The van der Waals surface area contributed by atoms with Crippen LogP contribution in [-0.4, -0.2) is 56.8 Å². The number of nitrogens with zero attached hydrogens (tertiary/aromatic N) is 2. The first-order valence-corrected chi connectivity index (χ1v) is 12.2. The molecular weight excluding hydrogens is 445 g/mol. The van der Waals surface area contributed by atoms with E-state index < -0.39 is 33.7 Å². The highest BCUT2D eigenvalue weighted by Crippen LogP contribution is 2.25. The van der Waals surface area contributed by atoms with E-state index in [0.717, 1.165) is 20.6 Å². The fraction of sp³-hybridized carbons (Fsp3) is 0.250. The fourth-order valence-corrected chi connectivity index (χ4v) is 6.15. The summed E-state index contributed by atoms with van der Waals surface area (Å²) in [5, 5.41) is 1.82. The number of carbonyl (C=O) groups is 2. The molecule has 3 aromatic rings. The van der Waals surface area contributed by atoms with Crippen LogP contribution in [0.4, 0.5) is 10.1 Å². The quantitative estimate of drug-likeness (QED) is 0.584. The number of nitrogens with one attached hydrogen (secondary N) is 1. The summed E-state index contributed by atoms with van der Waals surface area (Å²) in [7, 11) is -3.68. The predicted molar refractivity (Wildman–Crippen MR) is 121 cm³/mol. The summed E-state index contributed by atoms with van der Waals surface area (Å²) in [6.07, 6.45) is -0.0140. The van der Waals surface area contributed by atoms with Crippen LogP contribution in [0.15, 0.2) is 71.6 Å². The molecular formula is C24H23FN3O4S+. The van der Waals surface area contributed by atoms with Gasteiger partial charge >= 0.3 is 0 Å². The summed E-state index contributed by atoms with van der Waals surface area (Å²) < 4.78 is 42.0. The van der Waals surface area contributed by atoms with Crippen LogP contribution in [0.25, 0.3) is 10.8 Å². The molecule has 5 rings (SSSR count). The van der Waals surface area contributed by atoms with E-state index in [1.807, 2.05) is 24.3 Å². The van der Waals surface area contributed by atoms with E-state index in [1.54, 1.807) is 24.3 Å². The molecule has 2 amide bonds. The number of sulfonamides is 1. The number of piperazine rings is 1. The average molecular weight is 469 g/mol. The van der Waals surface area contributed by atoms with Crippen molar-refractivity contribution in [1.82, 2.24) is 4.31 Å². The van der Waals surface area contributed by atoms with Gasteiger partial charge in [-0.1, -0.05) is 42.5 Å². The number of fused-ring (bicyclic) bond motifs is 1. The highest BCUT2D eigenvalue weighted by Gasteiger charge is 2.47. The number of hydrogen-bond acceptors (Lipinski definition) is 4. The highest BCUT2D eigenvalue weighted by molar-refractivity contribution is 7.89. The minimum absolute atomic E-state index is 0.0140. The van der Waals surface area contributed by atoms with Gasteiger partial charge in [-0.15, -0.1) is 0 Å². The van der Waals surface area contributed by atoms with Gasteiger partial charge in [-0.3, -0.25) is 9.59 Å². The monoisotopic (exact) mass is 468 g/mol. The van der Waals surface area contributed by atoms with E-state index in [0.29, 0.717) is 13.1 Å². The molecule has 33 heavy (non-hydrogen) atoms. The molecule has 2 saturated heterocycles. The van der Waals surface area contributed by atoms with Crippen molar-refractivity contribution in [1.29, 1.82) is 0 Å². The lowest BCUT2D eigenvalue weighted by atomic mass is 10.1. The SMILES string of the molecule is O=C1C[C@H]([NH+]2CCN(S(=O)(=O)c3ccc4ccccc4c3)CC2)C(=O)N1c1ccccc1F. The smallest absolute Gasteiger partial charge is 0.292 e. The molecule has 0 aromatic heterocycles. The first-order valence-electron chi connectivity index (χ1n) is 10.8. The lowest BCUT2D eigenvalue weighted by Gasteiger charge is -2.33. The Morgan fingerprint density at radius 3 is 2.27 bits per heavy atom. The second-order valence-corrected chi connectivity index (χ2v) is 10.3. The number of benzene rings is 3. The van der Waals surface area contributed by atoms with Crippen molar-refractivity contribution in [2.75, 3.05) is 31.1 Å². The third-order valence-electron chi connectivity index (χ3n) is 6.46. The molecule has 1 atom stereocenters. The van der Waals surface area contributed by atoms with Crippen molar-refractivity contribution in [3.63, 3.8) is 0 Å². The number of imide groups is 1. The highest BCUT2D eigenvalue weighted by atomic mass is 32.2. The van der Waals surface area contributed by atoms with Gasteiger partial charge in [0.25, 0.3) is 5.91 Å². The van der Waals surface area contributed by atoms with E-state index in [9.17, 15) is 22.4 Å². The standard InChI is InChI=1S/C24H22FN3O4S/c25-20-7-3-4-8-21(20)28-23(29)16-22(24(28)30)26-11-13-27(14-12-26)33(31,32)19-10-9-17-5-1-2-6-18(17)15-19/h1-10,15,22H,11-14,16H2/p+1/t22-/m0/s1. The second-order valence-electron chi connectivity index (χ2n) is 8.35. The minimum atomic E-state index is -3.68. The van der Waals surface area contributed by atoms with Gasteiger partial charge in [0.15, 0.2) is 6.04 Å². The molecule has 0 spiro atoms. The minimum Gasteiger partial charge on any atom is -0.322 e. The van der Waals surface area contributed by atoms with Gasteiger partial charge in [-0.25, -0.2) is 17.7 Å². The second kappa shape index (κ2) is 8.33. The molecule has 3 aromatic carbocycles. The van der Waals surface area contributed by atoms with Crippen LogP contribution in [0.2, 0.25) is 0 Å². The largest absolute Gasteiger partial charge is 0.322 e. The van der Waals surface area contributed by atoms with E-state index in [1.165, 1.54) is 22.5 Å². The Labute approximate surface area is 191 Å². The first kappa shape index (κ1) is 21.7. The van der Waals surface area contributed by atoms with Crippen LogP contribution in [-0.2, 0) is 19.6 Å². The number of amides is 2. The summed E-state index contributed by atoms with van der Waals surface area (Å²) in [6.45, 7) is 1.26. The van der Waals surface area contributed by atoms with Gasteiger partial charge in [-0.05, 0) is 35.0 Å². The molecule has 0 radical (unpaired) electrons. The molecule has 2 aliphatic heterocycles. The van der Waals surface area contributed by atoms with Crippen molar-refractivity contribution in [2.45, 2.75) is 17.4 Å². The molecule has 1 N–H and O–H groups in total.